The van der Waals surface area contributed by atoms with Gasteiger partial charge in [0.1, 0.15) is 0 Å². The van der Waals surface area contributed by atoms with Gasteiger partial charge in [0.2, 0.25) is 0 Å². The number of benzene rings is 2. The minimum Gasteiger partial charge on any atom is -0.306 e. The van der Waals surface area contributed by atoms with Gasteiger partial charge in [-0.3, -0.25) is 0 Å². The Morgan fingerprint density at radius 2 is 1.68 bits per heavy atom. The van der Waals surface area contributed by atoms with Crippen molar-refractivity contribution < 1.29 is 0 Å². The van der Waals surface area contributed by atoms with E-state index in [1.807, 2.05) is 42.5 Å². The minimum absolute atomic E-state index is 0.103. The lowest BCUT2D eigenvalue weighted by Gasteiger charge is -2.20. The molecule has 1 unspecified atom stereocenters. The van der Waals surface area contributed by atoms with Gasteiger partial charge in [-0.2, -0.15) is 0 Å². The molecule has 0 aliphatic carbocycles. The quantitative estimate of drug-likeness (QED) is 0.810. The van der Waals surface area contributed by atoms with Crippen molar-refractivity contribution in [1.29, 1.82) is 0 Å². The normalized spacial score (nSPS) is 12.4. The zero-order valence-corrected chi connectivity index (χ0v) is 12.4. The maximum absolute atomic E-state index is 6.31. The molecule has 2 aromatic rings. The van der Waals surface area contributed by atoms with Crippen molar-refractivity contribution in [2.75, 3.05) is 6.54 Å². The summed E-state index contributed by atoms with van der Waals surface area (Å²) < 4.78 is 0. The third-order valence-corrected chi connectivity index (χ3v) is 3.61. The highest BCUT2D eigenvalue weighted by Gasteiger charge is 2.15. The molecule has 19 heavy (non-hydrogen) atoms. The third kappa shape index (κ3) is 3.73. The van der Waals surface area contributed by atoms with Gasteiger partial charge in [0.25, 0.3) is 0 Å². The highest BCUT2D eigenvalue weighted by atomic mass is 35.5. The first-order valence-electron chi connectivity index (χ1n) is 6.45. The van der Waals surface area contributed by atoms with E-state index < -0.39 is 0 Å². The molecule has 0 aliphatic heterocycles. The van der Waals surface area contributed by atoms with Crippen LogP contribution >= 0.6 is 23.2 Å². The van der Waals surface area contributed by atoms with E-state index in [1.54, 1.807) is 0 Å². The Morgan fingerprint density at radius 3 is 2.32 bits per heavy atom. The summed E-state index contributed by atoms with van der Waals surface area (Å²) in [6.07, 6.45) is 1.08. The lowest BCUT2D eigenvalue weighted by molar-refractivity contribution is 0.599. The van der Waals surface area contributed by atoms with E-state index in [1.165, 1.54) is 5.56 Å². The Labute approximate surface area is 124 Å². The van der Waals surface area contributed by atoms with Crippen LogP contribution in [0, 0.1) is 0 Å². The molecule has 0 saturated carbocycles. The van der Waals surface area contributed by atoms with Gasteiger partial charge in [-0.15, -0.1) is 0 Å². The van der Waals surface area contributed by atoms with Crippen LogP contribution in [0.5, 0.6) is 0 Å². The first kappa shape index (κ1) is 14.4. The average molecular weight is 294 g/mol. The van der Waals surface area contributed by atoms with E-state index in [4.69, 9.17) is 23.2 Å². The predicted molar refractivity (Wildman–Crippen MR) is 83.0 cm³/mol. The Balaban J connectivity index is 2.35. The van der Waals surface area contributed by atoms with Crippen LogP contribution in [0.1, 0.15) is 30.5 Å². The van der Waals surface area contributed by atoms with E-state index in [0.29, 0.717) is 0 Å². The molecule has 1 nitrogen and oxygen atoms in total. The molecule has 0 fully saturated rings. The van der Waals surface area contributed by atoms with E-state index in [2.05, 4.69) is 18.3 Å². The Kier molecular flexibility index (Phi) is 5.26. The van der Waals surface area contributed by atoms with Crippen molar-refractivity contribution in [1.82, 2.24) is 5.32 Å². The van der Waals surface area contributed by atoms with Crippen molar-refractivity contribution in [2.24, 2.45) is 0 Å². The first-order valence-corrected chi connectivity index (χ1v) is 7.21. The smallest absolute Gasteiger partial charge is 0.0591 e. The van der Waals surface area contributed by atoms with Crippen LogP contribution in [0.15, 0.2) is 48.5 Å². The highest BCUT2D eigenvalue weighted by Crippen LogP contribution is 2.28. The van der Waals surface area contributed by atoms with Gasteiger partial charge in [0.05, 0.1) is 6.04 Å². The van der Waals surface area contributed by atoms with Crippen LogP contribution in [-0.4, -0.2) is 6.54 Å². The summed E-state index contributed by atoms with van der Waals surface area (Å²) in [4.78, 5) is 0. The molecule has 0 aromatic heterocycles. The Hall–Kier alpha value is -1.02. The number of hydrogen-bond donors (Lipinski definition) is 1. The maximum Gasteiger partial charge on any atom is 0.0591 e. The van der Waals surface area contributed by atoms with E-state index in [9.17, 15) is 0 Å². The van der Waals surface area contributed by atoms with Gasteiger partial charge in [0.15, 0.2) is 0 Å². The standard InChI is InChI=1S/C16H17Cl2N/c1-2-11-19-16(12-7-9-13(17)10-8-12)14-5-3-4-6-15(14)18/h3-10,16,19H,2,11H2,1H3. The van der Waals surface area contributed by atoms with Crippen molar-refractivity contribution >= 4 is 23.2 Å². The van der Waals surface area contributed by atoms with Crippen molar-refractivity contribution in [3.05, 3.63) is 69.7 Å². The summed E-state index contributed by atoms with van der Waals surface area (Å²) in [6.45, 7) is 3.09. The second kappa shape index (κ2) is 6.95. The van der Waals surface area contributed by atoms with Gasteiger partial charge in [0, 0.05) is 10.0 Å². The van der Waals surface area contributed by atoms with E-state index in [-0.39, 0.29) is 6.04 Å². The van der Waals surface area contributed by atoms with Gasteiger partial charge >= 0.3 is 0 Å². The SMILES string of the molecule is CCCNC(c1ccc(Cl)cc1)c1ccccc1Cl. The zero-order valence-electron chi connectivity index (χ0n) is 10.9. The summed E-state index contributed by atoms with van der Waals surface area (Å²) in [5.74, 6) is 0. The average Bonchev–Trinajstić information content (AvgIpc) is 2.43. The molecule has 100 valence electrons. The Morgan fingerprint density at radius 1 is 1.00 bits per heavy atom. The number of rotatable bonds is 5. The van der Waals surface area contributed by atoms with Crippen LogP contribution in [-0.2, 0) is 0 Å². The van der Waals surface area contributed by atoms with Gasteiger partial charge in [-0.25, -0.2) is 0 Å². The van der Waals surface area contributed by atoms with Crippen molar-refractivity contribution in [3.8, 4) is 0 Å². The fourth-order valence-corrected chi connectivity index (χ4v) is 2.43. The van der Waals surface area contributed by atoms with Gasteiger partial charge in [-0.05, 0) is 42.3 Å². The molecule has 1 N–H and O–H groups in total. The fraction of sp³-hybridized carbons (Fsp3) is 0.250. The topological polar surface area (TPSA) is 12.0 Å². The van der Waals surface area contributed by atoms with Crippen molar-refractivity contribution in [3.63, 3.8) is 0 Å². The lowest BCUT2D eigenvalue weighted by atomic mass is 9.98. The molecule has 0 aliphatic rings. The molecule has 2 aromatic carbocycles. The summed E-state index contributed by atoms with van der Waals surface area (Å²) in [7, 11) is 0. The van der Waals surface area contributed by atoms with Crippen LogP contribution in [0.3, 0.4) is 0 Å². The summed E-state index contributed by atoms with van der Waals surface area (Å²) in [5.41, 5.74) is 2.27. The number of halogens is 2. The van der Waals surface area contributed by atoms with E-state index >= 15 is 0 Å². The molecule has 0 radical (unpaired) electrons. The molecule has 0 amide bonds. The van der Waals surface area contributed by atoms with Crippen LogP contribution < -0.4 is 5.32 Å². The third-order valence-electron chi connectivity index (χ3n) is 3.02. The second-order valence-electron chi connectivity index (χ2n) is 4.46. The molecule has 0 spiro atoms. The van der Waals surface area contributed by atoms with Crippen LogP contribution in [0.25, 0.3) is 0 Å². The molecular formula is C16H17Cl2N. The molecule has 0 heterocycles. The Bertz CT molecular complexity index is 523. The molecule has 0 saturated heterocycles. The summed E-state index contributed by atoms with van der Waals surface area (Å²) in [5, 5.41) is 5.07. The monoisotopic (exact) mass is 293 g/mol. The maximum atomic E-state index is 6.31. The molecule has 2 rings (SSSR count). The van der Waals surface area contributed by atoms with Gasteiger partial charge < -0.3 is 5.32 Å². The largest absolute Gasteiger partial charge is 0.306 e. The summed E-state index contributed by atoms with van der Waals surface area (Å²) in [6, 6.07) is 16.0. The zero-order chi connectivity index (χ0) is 13.7. The molecule has 0 bridgehead atoms. The predicted octanol–water partition coefficient (Wildman–Crippen LogP) is 5.08. The van der Waals surface area contributed by atoms with Crippen LogP contribution in [0.4, 0.5) is 0 Å². The molecule has 1 atom stereocenters. The fourth-order valence-electron chi connectivity index (χ4n) is 2.06. The number of nitrogens with one attached hydrogen (secondary N) is 1. The van der Waals surface area contributed by atoms with Gasteiger partial charge in [-0.1, -0.05) is 60.5 Å². The van der Waals surface area contributed by atoms with E-state index in [0.717, 1.165) is 28.6 Å². The first-order chi connectivity index (χ1) is 9.22. The second-order valence-corrected chi connectivity index (χ2v) is 5.30. The summed E-state index contributed by atoms with van der Waals surface area (Å²) >= 11 is 12.3. The van der Waals surface area contributed by atoms with Crippen molar-refractivity contribution in [2.45, 2.75) is 19.4 Å². The molecule has 3 heteroatoms. The lowest BCUT2D eigenvalue weighted by Crippen LogP contribution is -2.23. The van der Waals surface area contributed by atoms with Crippen LogP contribution in [0.2, 0.25) is 10.0 Å². The minimum atomic E-state index is 0.103. The molecular weight excluding hydrogens is 277 g/mol. The highest BCUT2D eigenvalue weighted by molar-refractivity contribution is 6.31. The number of hydrogen-bond acceptors (Lipinski definition) is 1.